The zero-order chi connectivity index (χ0) is 15.9. The van der Waals surface area contributed by atoms with E-state index in [0.717, 1.165) is 22.2 Å². The number of halogens is 1. The molecule has 22 heavy (non-hydrogen) atoms. The van der Waals surface area contributed by atoms with Crippen LogP contribution >= 0.6 is 15.9 Å². The topological polar surface area (TPSA) is 92.3 Å². The van der Waals surface area contributed by atoms with Crippen LogP contribution in [0.3, 0.4) is 0 Å². The van der Waals surface area contributed by atoms with Gasteiger partial charge in [0.2, 0.25) is 0 Å². The molecule has 1 aromatic carbocycles. The Bertz CT molecular complexity index is 729. The Morgan fingerprint density at radius 2 is 2.32 bits per heavy atom. The predicted octanol–water partition coefficient (Wildman–Crippen LogP) is 2.47. The molecule has 8 heteroatoms. The first kappa shape index (κ1) is 16.2. The summed E-state index contributed by atoms with van der Waals surface area (Å²) in [6.45, 7) is 4.45. The number of ether oxygens (including phenoxy) is 1. The van der Waals surface area contributed by atoms with Crippen molar-refractivity contribution in [2.24, 2.45) is 5.10 Å². The van der Waals surface area contributed by atoms with Crippen molar-refractivity contribution in [1.29, 1.82) is 0 Å². The molecule has 0 spiro atoms. The Morgan fingerprint density at radius 3 is 3.05 bits per heavy atom. The van der Waals surface area contributed by atoms with E-state index in [4.69, 9.17) is 4.74 Å². The minimum absolute atomic E-state index is 0.321. The molecule has 0 unspecified atom stereocenters. The minimum atomic E-state index is -0.525. The van der Waals surface area contributed by atoms with E-state index in [0.29, 0.717) is 18.1 Å². The number of hydrazone groups is 1. The fourth-order valence-electron chi connectivity index (χ4n) is 1.59. The highest BCUT2D eigenvalue weighted by Gasteiger charge is 2.02. The van der Waals surface area contributed by atoms with Gasteiger partial charge >= 0.3 is 5.69 Å². The number of hydrogen-bond acceptors (Lipinski definition) is 6. The van der Waals surface area contributed by atoms with Crippen LogP contribution in [0, 0.1) is 6.92 Å². The number of anilines is 1. The summed E-state index contributed by atoms with van der Waals surface area (Å²) >= 11 is 3.46. The van der Waals surface area contributed by atoms with Crippen LogP contribution < -0.4 is 15.9 Å². The second-order valence-corrected chi connectivity index (χ2v) is 5.34. The third-order valence-corrected chi connectivity index (χ3v) is 3.30. The van der Waals surface area contributed by atoms with E-state index >= 15 is 0 Å². The number of rotatable bonds is 6. The van der Waals surface area contributed by atoms with Gasteiger partial charge in [0, 0.05) is 0 Å². The van der Waals surface area contributed by atoms with Crippen LogP contribution in [0.15, 0.2) is 32.6 Å². The summed E-state index contributed by atoms with van der Waals surface area (Å²) in [5.41, 5.74) is 3.61. The molecule has 1 aromatic heterocycles. The summed E-state index contributed by atoms with van der Waals surface area (Å²) in [5.74, 6) is 1.12. The molecule has 116 valence electrons. The largest absolute Gasteiger partial charge is 0.492 e. The smallest absolute Gasteiger partial charge is 0.363 e. The summed E-state index contributed by atoms with van der Waals surface area (Å²) in [7, 11) is 0. The van der Waals surface area contributed by atoms with Gasteiger partial charge < -0.3 is 4.74 Å². The number of benzene rings is 1. The van der Waals surface area contributed by atoms with E-state index in [1.165, 1.54) is 0 Å². The number of hydrogen-bond donors (Lipinski definition) is 2. The Balaban J connectivity index is 2.05. The third-order valence-electron chi connectivity index (χ3n) is 2.68. The number of nitrogens with zero attached hydrogens (tertiary/aromatic N) is 3. The van der Waals surface area contributed by atoms with Gasteiger partial charge in [0.15, 0.2) is 5.82 Å². The monoisotopic (exact) mass is 365 g/mol. The van der Waals surface area contributed by atoms with Gasteiger partial charge in [-0.2, -0.15) is 15.2 Å². The van der Waals surface area contributed by atoms with Crippen LogP contribution in [0.5, 0.6) is 5.75 Å². The Labute approximate surface area is 135 Å². The van der Waals surface area contributed by atoms with Crippen molar-refractivity contribution in [2.75, 3.05) is 12.0 Å². The molecule has 0 amide bonds. The summed E-state index contributed by atoms with van der Waals surface area (Å²) < 4.78 is 6.44. The zero-order valence-electron chi connectivity index (χ0n) is 12.3. The first-order chi connectivity index (χ1) is 10.6. The van der Waals surface area contributed by atoms with Crippen molar-refractivity contribution in [3.05, 3.63) is 44.4 Å². The maximum atomic E-state index is 11.1. The van der Waals surface area contributed by atoms with E-state index in [1.807, 2.05) is 18.2 Å². The molecule has 2 aromatic rings. The highest BCUT2D eigenvalue weighted by atomic mass is 79.9. The number of aryl methyl sites for hydroxylation is 1. The van der Waals surface area contributed by atoms with E-state index in [2.05, 4.69) is 48.6 Å². The average Bonchev–Trinajstić information content (AvgIpc) is 2.50. The second-order valence-electron chi connectivity index (χ2n) is 4.48. The molecule has 0 saturated carbocycles. The molecule has 0 radical (unpaired) electrons. The number of nitrogens with one attached hydrogen (secondary N) is 2. The van der Waals surface area contributed by atoms with Crippen molar-refractivity contribution in [3.63, 3.8) is 0 Å². The first-order valence-corrected chi connectivity index (χ1v) is 7.54. The lowest BCUT2D eigenvalue weighted by atomic mass is 10.2. The number of aromatic amines is 1. The van der Waals surface area contributed by atoms with E-state index in [1.54, 1.807) is 13.1 Å². The molecule has 0 aliphatic carbocycles. The molecule has 0 aliphatic heterocycles. The van der Waals surface area contributed by atoms with E-state index < -0.39 is 5.69 Å². The summed E-state index contributed by atoms with van der Waals surface area (Å²) in [6.07, 6.45) is 2.58. The predicted molar refractivity (Wildman–Crippen MR) is 88.5 cm³/mol. The molecule has 2 N–H and O–H groups in total. The van der Waals surface area contributed by atoms with E-state index in [9.17, 15) is 4.79 Å². The highest BCUT2D eigenvalue weighted by Crippen LogP contribution is 2.25. The lowest BCUT2D eigenvalue weighted by Gasteiger charge is -2.07. The van der Waals surface area contributed by atoms with Gasteiger partial charge in [-0.15, -0.1) is 0 Å². The normalized spacial score (nSPS) is 10.9. The Hall–Kier alpha value is -2.22. The Morgan fingerprint density at radius 1 is 1.50 bits per heavy atom. The SMILES string of the molecule is CCCOc1ccc(/C=N/Nc2nc(=O)[nH]nc2C)cc1Br. The maximum absolute atomic E-state index is 11.1. The number of H-pyrrole nitrogens is 1. The van der Waals surface area contributed by atoms with Crippen LogP contribution in [0.25, 0.3) is 0 Å². The lowest BCUT2D eigenvalue weighted by molar-refractivity contribution is 0.315. The summed E-state index contributed by atoms with van der Waals surface area (Å²) in [4.78, 5) is 14.8. The van der Waals surface area contributed by atoms with Crippen LogP contribution in [-0.4, -0.2) is 28.0 Å². The fourth-order valence-corrected chi connectivity index (χ4v) is 2.10. The minimum Gasteiger partial charge on any atom is -0.492 e. The molecule has 2 rings (SSSR count). The van der Waals surface area contributed by atoms with Crippen molar-refractivity contribution < 1.29 is 4.74 Å². The third kappa shape index (κ3) is 4.39. The van der Waals surface area contributed by atoms with Gasteiger partial charge in [0.05, 0.1) is 17.3 Å². The number of aromatic nitrogens is 3. The molecular formula is C14H16BrN5O2. The van der Waals surface area contributed by atoms with Gasteiger partial charge in [0.25, 0.3) is 0 Å². The van der Waals surface area contributed by atoms with Gasteiger partial charge in [0.1, 0.15) is 11.4 Å². The molecular weight excluding hydrogens is 350 g/mol. The molecule has 1 heterocycles. The van der Waals surface area contributed by atoms with Crippen LogP contribution in [0.2, 0.25) is 0 Å². The highest BCUT2D eigenvalue weighted by molar-refractivity contribution is 9.10. The average molecular weight is 366 g/mol. The first-order valence-electron chi connectivity index (χ1n) is 6.75. The molecule has 0 saturated heterocycles. The van der Waals surface area contributed by atoms with Crippen molar-refractivity contribution in [3.8, 4) is 5.75 Å². The zero-order valence-corrected chi connectivity index (χ0v) is 13.8. The van der Waals surface area contributed by atoms with Crippen LogP contribution in [0.1, 0.15) is 24.6 Å². The van der Waals surface area contributed by atoms with Crippen molar-refractivity contribution >= 4 is 28.0 Å². The lowest BCUT2D eigenvalue weighted by Crippen LogP contribution is -2.15. The molecule has 0 aliphatic rings. The van der Waals surface area contributed by atoms with Crippen molar-refractivity contribution in [1.82, 2.24) is 15.2 Å². The quantitative estimate of drug-likeness (QED) is 0.605. The molecule has 0 atom stereocenters. The molecule has 7 nitrogen and oxygen atoms in total. The van der Waals surface area contributed by atoms with Crippen LogP contribution in [-0.2, 0) is 0 Å². The van der Waals surface area contributed by atoms with Gasteiger partial charge in [-0.3, -0.25) is 5.43 Å². The summed E-state index contributed by atoms with van der Waals surface area (Å²) in [5, 5.41) is 10.1. The van der Waals surface area contributed by atoms with Crippen LogP contribution in [0.4, 0.5) is 5.82 Å². The molecule has 0 bridgehead atoms. The van der Waals surface area contributed by atoms with Crippen molar-refractivity contribution in [2.45, 2.75) is 20.3 Å². The fraction of sp³-hybridized carbons (Fsp3) is 0.286. The Kier molecular flexibility index (Phi) is 5.65. The van der Waals surface area contributed by atoms with Gasteiger partial charge in [-0.1, -0.05) is 6.92 Å². The second kappa shape index (κ2) is 7.69. The van der Waals surface area contributed by atoms with Gasteiger partial charge in [-0.25, -0.2) is 9.89 Å². The summed E-state index contributed by atoms with van der Waals surface area (Å²) in [6, 6.07) is 5.66. The van der Waals surface area contributed by atoms with E-state index in [-0.39, 0.29) is 0 Å². The molecule has 0 fully saturated rings. The standard InChI is InChI=1S/C14H16BrN5O2/c1-3-6-22-12-5-4-10(7-11(12)15)8-16-19-13-9(2)18-20-14(21)17-13/h4-5,7-8H,3,6H2,1-2H3,(H2,17,19,20,21)/b16-8+. The maximum Gasteiger partial charge on any atom is 0.363 e. The van der Waals surface area contributed by atoms with Gasteiger partial charge in [-0.05, 0) is 53.0 Å².